The van der Waals surface area contributed by atoms with E-state index in [2.05, 4.69) is 41.0 Å². The van der Waals surface area contributed by atoms with Crippen LogP contribution >= 0.6 is 11.6 Å². The van der Waals surface area contributed by atoms with Gasteiger partial charge in [-0.05, 0) is 39.5 Å². The Kier molecular flexibility index (Phi) is 4.63. The Balaban J connectivity index is 1.91. The average molecular weight is 283 g/mol. The average Bonchev–Trinajstić information content (AvgIpc) is 2.37. The quantitative estimate of drug-likeness (QED) is 0.926. The van der Waals surface area contributed by atoms with E-state index < -0.39 is 0 Å². The van der Waals surface area contributed by atoms with E-state index in [4.69, 9.17) is 11.6 Å². The van der Waals surface area contributed by atoms with Crippen LogP contribution < -0.4 is 10.2 Å². The first-order chi connectivity index (χ1) is 8.94. The molecule has 0 aromatic carbocycles. The molecule has 1 unspecified atom stereocenters. The molecule has 1 aromatic heterocycles. The number of piperidine rings is 1. The highest BCUT2D eigenvalue weighted by molar-refractivity contribution is 6.30. The van der Waals surface area contributed by atoms with Crippen LogP contribution in [0.15, 0.2) is 12.4 Å². The normalized spacial score (nSPS) is 20.6. The molecule has 2 rings (SSSR count). The van der Waals surface area contributed by atoms with Gasteiger partial charge in [0.25, 0.3) is 0 Å². The highest BCUT2D eigenvalue weighted by atomic mass is 35.5. The second-order valence-corrected chi connectivity index (χ2v) is 6.72. The molecule has 1 atom stereocenters. The van der Waals surface area contributed by atoms with Crippen molar-refractivity contribution in [1.29, 1.82) is 0 Å². The number of rotatable bonds is 3. The van der Waals surface area contributed by atoms with Gasteiger partial charge in [0, 0.05) is 25.2 Å². The second-order valence-electron chi connectivity index (χ2n) is 6.29. The number of anilines is 1. The van der Waals surface area contributed by atoms with Crippen molar-refractivity contribution in [2.24, 2.45) is 5.92 Å². The Labute approximate surface area is 120 Å². The maximum Gasteiger partial charge on any atom is 0.225 e. The van der Waals surface area contributed by atoms with Crippen LogP contribution in [0.4, 0.5) is 5.95 Å². The van der Waals surface area contributed by atoms with Gasteiger partial charge >= 0.3 is 0 Å². The van der Waals surface area contributed by atoms with Gasteiger partial charge in [-0.25, -0.2) is 9.97 Å². The van der Waals surface area contributed by atoms with Crippen molar-refractivity contribution in [2.75, 3.05) is 24.5 Å². The second kappa shape index (κ2) is 6.06. The molecule has 0 amide bonds. The van der Waals surface area contributed by atoms with Crippen LogP contribution in [0, 0.1) is 5.92 Å². The number of halogens is 1. The fraction of sp³-hybridized carbons (Fsp3) is 0.714. The molecule has 0 aliphatic carbocycles. The summed E-state index contributed by atoms with van der Waals surface area (Å²) >= 11 is 5.83. The van der Waals surface area contributed by atoms with Crippen molar-refractivity contribution < 1.29 is 0 Å². The number of hydrogen-bond acceptors (Lipinski definition) is 4. The monoisotopic (exact) mass is 282 g/mol. The Morgan fingerprint density at radius 1 is 1.37 bits per heavy atom. The lowest BCUT2D eigenvalue weighted by Gasteiger charge is -2.34. The molecule has 1 saturated heterocycles. The molecule has 1 aromatic rings. The summed E-state index contributed by atoms with van der Waals surface area (Å²) in [5, 5.41) is 4.17. The van der Waals surface area contributed by atoms with E-state index in [-0.39, 0.29) is 5.54 Å². The molecule has 0 bridgehead atoms. The van der Waals surface area contributed by atoms with Crippen LogP contribution in [0.3, 0.4) is 0 Å². The topological polar surface area (TPSA) is 41.0 Å². The van der Waals surface area contributed by atoms with Crippen LogP contribution in [0.1, 0.15) is 33.6 Å². The number of nitrogens with one attached hydrogen (secondary N) is 1. The maximum absolute atomic E-state index is 5.83. The minimum atomic E-state index is 0.180. The van der Waals surface area contributed by atoms with Gasteiger partial charge in [-0.1, -0.05) is 11.6 Å². The van der Waals surface area contributed by atoms with Crippen LogP contribution in [0.2, 0.25) is 5.02 Å². The lowest BCUT2D eigenvalue weighted by molar-refractivity contribution is 0.334. The van der Waals surface area contributed by atoms with Crippen molar-refractivity contribution in [2.45, 2.75) is 39.2 Å². The summed E-state index contributed by atoms with van der Waals surface area (Å²) < 4.78 is 0. The highest BCUT2D eigenvalue weighted by Crippen LogP contribution is 2.20. The van der Waals surface area contributed by atoms with Gasteiger partial charge in [0.15, 0.2) is 0 Å². The fourth-order valence-corrected chi connectivity index (χ4v) is 2.43. The first-order valence-electron chi connectivity index (χ1n) is 6.91. The Morgan fingerprint density at radius 2 is 2.05 bits per heavy atom. The smallest absolute Gasteiger partial charge is 0.225 e. The van der Waals surface area contributed by atoms with Crippen LogP contribution in [-0.4, -0.2) is 35.1 Å². The first kappa shape index (κ1) is 14.5. The van der Waals surface area contributed by atoms with Gasteiger partial charge in [-0.2, -0.15) is 0 Å². The van der Waals surface area contributed by atoms with Gasteiger partial charge in [0.1, 0.15) is 0 Å². The SMILES string of the molecule is CC(C)(C)NCC1CCCN(c2ncc(Cl)cn2)C1. The first-order valence-corrected chi connectivity index (χ1v) is 7.29. The zero-order chi connectivity index (χ0) is 13.9. The largest absolute Gasteiger partial charge is 0.341 e. The minimum Gasteiger partial charge on any atom is -0.341 e. The summed E-state index contributed by atoms with van der Waals surface area (Å²) in [6.07, 6.45) is 5.80. The molecule has 0 saturated carbocycles. The number of hydrogen-bond donors (Lipinski definition) is 1. The van der Waals surface area contributed by atoms with Crippen molar-refractivity contribution in [3.63, 3.8) is 0 Å². The predicted molar refractivity (Wildman–Crippen MR) is 79.7 cm³/mol. The lowest BCUT2D eigenvalue weighted by Crippen LogP contribution is -2.45. The molecule has 19 heavy (non-hydrogen) atoms. The van der Waals surface area contributed by atoms with E-state index >= 15 is 0 Å². The standard InChI is InChI=1S/C14H23ClN4/c1-14(2,3)18-7-11-5-4-6-19(10-11)13-16-8-12(15)9-17-13/h8-9,11,18H,4-7,10H2,1-3H3. The summed E-state index contributed by atoms with van der Waals surface area (Å²) in [6.45, 7) is 9.72. The predicted octanol–water partition coefficient (Wildman–Crippen LogP) is 2.73. The zero-order valence-electron chi connectivity index (χ0n) is 12.0. The Morgan fingerprint density at radius 3 is 2.68 bits per heavy atom. The van der Waals surface area contributed by atoms with Crippen molar-refractivity contribution in [1.82, 2.24) is 15.3 Å². The zero-order valence-corrected chi connectivity index (χ0v) is 12.7. The number of nitrogens with zero attached hydrogens (tertiary/aromatic N) is 3. The van der Waals surface area contributed by atoms with Crippen LogP contribution in [0.5, 0.6) is 0 Å². The molecule has 1 N–H and O–H groups in total. The molecular formula is C14H23ClN4. The van der Waals surface area contributed by atoms with Crippen molar-refractivity contribution in [3.8, 4) is 0 Å². The van der Waals surface area contributed by atoms with E-state index in [9.17, 15) is 0 Å². The minimum absolute atomic E-state index is 0.180. The Bertz CT molecular complexity index is 399. The molecular weight excluding hydrogens is 260 g/mol. The summed E-state index contributed by atoms with van der Waals surface area (Å²) in [7, 11) is 0. The molecule has 1 aliphatic rings. The summed E-state index contributed by atoms with van der Waals surface area (Å²) in [4.78, 5) is 10.9. The van der Waals surface area contributed by atoms with Gasteiger partial charge in [-0.15, -0.1) is 0 Å². The third-order valence-electron chi connectivity index (χ3n) is 3.33. The highest BCUT2D eigenvalue weighted by Gasteiger charge is 2.22. The molecule has 5 heteroatoms. The van der Waals surface area contributed by atoms with E-state index in [1.165, 1.54) is 12.8 Å². The molecule has 1 fully saturated rings. The number of aromatic nitrogens is 2. The summed E-state index contributed by atoms with van der Waals surface area (Å²) in [6, 6.07) is 0. The molecule has 0 radical (unpaired) electrons. The molecule has 4 nitrogen and oxygen atoms in total. The third kappa shape index (κ3) is 4.62. The van der Waals surface area contributed by atoms with Crippen molar-refractivity contribution >= 4 is 17.5 Å². The van der Waals surface area contributed by atoms with E-state index in [0.29, 0.717) is 10.9 Å². The van der Waals surface area contributed by atoms with Gasteiger partial charge in [0.05, 0.1) is 17.4 Å². The summed E-state index contributed by atoms with van der Waals surface area (Å²) in [5.41, 5.74) is 0.180. The van der Waals surface area contributed by atoms with Crippen LogP contribution in [0.25, 0.3) is 0 Å². The Hall–Kier alpha value is -0.870. The molecule has 2 heterocycles. The summed E-state index contributed by atoms with van der Waals surface area (Å²) in [5.74, 6) is 1.46. The van der Waals surface area contributed by atoms with Crippen LogP contribution in [-0.2, 0) is 0 Å². The van der Waals surface area contributed by atoms with E-state index in [0.717, 1.165) is 25.6 Å². The molecule has 1 aliphatic heterocycles. The van der Waals surface area contributed by atoms with E-state index in [1.54, 1.807) is 12.4 Å². The van der Waals surface area contributed by atoms with Gasteiger partial charge in [0.2, 0.25) is 5.95 Å². The third-order valence-corrected chi connectivity index (χ3v) is 3.52. The van der Waals surface area contributed by atoms with E-state index in [1.807, 2.05) is 0 Å². The molecule has 0 spiro atoms. The van der Waals surface area contributed by atoms with Gasteiger partial charge < -0.3 is 10.2 Å². The van der Waals surface area contributed by atoms with Crippen molar-refractivity contribution in [3.05, 3.63) is 17.4 Å². The fourth-order valence-electron chi connectivity index (χ4n) is 2.33. The van der Waals surface area contributed by atoms with Gasteiger partial charge in [-0.3, -0.25) is 0 Å². The lowest BCUT2D eigenvalue weighted by atomic mass is 9.97. The maximum atomic E-state index is 5.83. The molecule has 106 valence electrons.